The molecule has 1 heterocycles. The predicted octanol–water partition coefficient (Wildman–Crippen LogP) is 3.55. The van der Waals surface area contributed by atoms with Gasteiger partial charge < -0.3 is 0 Å². The summed E-state index contributed by atoms with van der Waals surface area (Å²) < 4.78 is 0. The van der Waals surface area contributed by atoms with E-state index in [1.807, 2.05) is 35.7 Å². The highest BCUT2D eigenvalue weighted by molar-refractivity contribution is 7.14. The molecule has 0 radical (unpaired) electrons. The number of nitrogens with zero attached hydrogens (tertiary/aromatic N) is 1. The molecule has 0 bridgehead atoms. The van der Waals surface area contributed by atoms with Gasteiger partial charge in [-0.2, -0.15) is 0 Å². The molecule has 0 aliphatic rings. The van der Waals surface area contributed by atoms with E-state index in [-0.39, 0.29) is 0 Å². The van der Waals surface area contributed by atoms with Crippen molar-refractivity contribution in [1.29, 1.82) is 0 Å². The van der Waals surface area contributed by atoms with Crippen molar-refractivity contribution in [3.63, 3.8) is 0 Å². The number of benzene rings is 1. The third-order valence-corrected chi connectivity index (χ3v) is 3.16. The maximum absolute atomic E-state index is 11.2. The summed E-state index contributed by atoms with van der Waals surface area (Å²) in [5, 5.41) is 4.89. The van der Waals surface area contributed by atoms with Crippen LogP contribution in [-0.4, -0.2) is 15.7 Å². The van der Waals surface area contributed by atoms with Gasteiger partial charge in [-0.15, -0.1) is 11.3 Å². The van der Waals surface area contributed by atoms with Gasteiger partial charge in [-0.05, 0) is 0 Å². The fourth-order valence-electron chi connectivity index (χ4n) is 1.23. The Morgan fingerprint density at radius 1 is 1.29 bits per heavy atom. The summed E-state index contributed by atoms with van der Waals surface area (Å²) in [6.07, 6.45) is 0. The number of carbonyl (C=O) groups is 1. The standard InChI is InChI=1S/C11H8Cl2N2OS/c12-9(13)10(16)15-11-14-8(6-17-11)7-4-2-1-3-5-7/h1-6,9H,(H,14,15,16). The third kappa shape index (κ3) is 3.19. The van der Waals surface area contributed by atoms with Crippen molar-refractivity contribution in [2.75, 3.05) is 5.32 Å². The van der Waals surface area contributed by atoms with Crippen LogP contribution < -0.4 is 5.32 Å². The van der Waals surface area contributed by atoms with Crippen molar-refractivity contribution >= 4 is 45.6 Å². The fraction of sp³-hybridized carbons (Fsp3) is 0.0909. The van der Waals surface area contributed by atoms with Crippen LogP contribution in [0.5, 0.6) is 0 Å². The van der Waals surface area contributed by atoms with Crippen LogP contribution in [0.3, 0.4) is 0 Å². The molecule has 0 spiro atoms. The van der Waals surface area contributed by atoms with Gasteiger partial charge in [0.2, 0.25) is 0 Å². The summed E-state index contributed by atoms with van der Waals surface area (Å²) in [7, 11) is 0. The quantitative estimate of drug-likeness (QED) is 0.877. The van der Waals surface area contributed by atoms with Gasteiger partial charge in [-0.25, -0.2) is 4.98 Å². The lowest BCUT2D eigenvalue weighted by molar-refractivity contribution is -0.114. The number of hydrogen-bond donors (Lipinski definition) is 1. The maximum atomic E-state index is 11.2. The Bertz CT molecular complexity index is 513. The lowest BCUT2D eigenvalue weighted by Crippen LogP contribution is -2.18. The summed E-state index contributed by atoms with van der Waals surface area (Å²) in [5.41, 5.74) is 1.81. The predicted molar refractivity (Wildman–Crippen MR) is 71.7 cm³/mol. The first-order valence-electron chi connectivity index (χ1n) is 4.77. The minimum absolute atomic E-state index is 0.470. The zero-order valence-corrected chi connectivity index (χ0v) is 10.9. The Hall–Kier alpha value is -1.10. The van der Waals surface area contributed by atoms with Crippen molar-refractivity contribution < 1.29 is 4.79 Å². The molecule has 88 valence electrons. The summed E-state index contributed by atoms with van der Waals surface area (Å²) in [6.45, 7) is 0. The van der Waals surface area contributed by atoms with Gasteiger partial charge in [0.05, 0.1) is 5.69 Å². The van der Waals surface area contributed by atoms with E-state index >= 15 is 0 Å². The van der Waals surface area contributed by atoms with Crippen molar-refractivity contribution in [3.05, 3.63) is 35.7 Å². The van der Waals surface area contributed by atoms with E-state index in [0.29, 0.717) is 5.13 Å². The van der Waals surface area contributed by atoms with E-state index in [1.54, 1.807) is 0 Å². The number of alkyl halides is 2. The number of hydrogen-bond acceptors (Lipinski definition) is 3. The van der Waals surface area contributed by atoms with Gasteiger partial charge in [0.15, 0.2) is 9.97 Å². The molecule has 1 amide bonds. The molecule has 3 nitrogen and oxygen atoms in total. The number of aromatic nitrogens is 1. The first kappa shape index (κ1) is 12.4. The Balaban J connectivity index is 2.14. The highest BCUT2D eigenvalue weighted by Gasteiger charge is 2.13. The molecule has 17 heavy (non-hydrogen) atoms. The second kappa shape index (κ2) is 5.49. The molecule has 0 aliphatic carbocycles. The summed E-state index contributed by atoms with van der Waals surface area (Å²) in [4.78, 5) is 14.4. The maximum Gasteiger partial charge on any atom is 0.259 e. The molecule has 2 aromatic rings. The van der Waals surface area contributed by atoms with Crippen LogP contribution >= 0.6 is 34.5 Å². The largest absolute Gasteiger partial charge is 0.300 e. The Morgan fingerprint density at radius 3 is 2.65 bits per heavy atom. The highest BCUT2D eigenvalue weighted by atomic mass is 35.5. The van der Waals surface area contributed by atoms with Crippen LogP contribution in [0.25, 0.3) is 11.3 Å². The van der Waals surface area contributed by atoms with E-state index in [9.17, 15) is 4.79 Å². The van der Waals surface area contributed by atoms with Gasteiger partial charge in [0.25, 0.3) is 5.91 Å². The second-order valence-electron chi connectivity index (χ2n) is 3.19. The zero-order chi connectivity index (χ0) is 12.3. The smallest absolute Gasteiger partial charge is 0.259 e. The van der Waals surface area contributed by atoms with Crippen LogP contribution in [-0.2, 0) is 4.79 Å². The SMILES string of the molecule is O=C(Nc1nc(-c2ccccc2)cs1)C(Cl)Cl. The van der Waals surface area contributed by atoms with Crippen LogP contribution in [0.4, 0.5) is 5.13 Å². The number of halogens is 2. The first-order valence-corrected chi connectivity index (χ1v) is 6.52. The number of amides is 1. The summed E-state index contributed by atoms with van der Waals surface area (Å²) in [5.74, 6) is -0.470. The molecule has 0 atom stereocenters. The van der Waals surface area contributed by atoms with E-state index in [1.165, 1.54) is 11.3 Å². The van der Waals surface area contributed by atoms with Crippen molar-refractivity contribution in [3.8, 4) is 11.3 Å². The number of thiazole rings is 1. The molecule has 0 saturated carbocycles. The Morgan fingerprint density at radius 2 is 2.00 bits per heavy atom. The average Bonchev–Trinajstić information content (AvgIpc) is 2.78. The molecule has 0 unspecified atom stereocenters. The number of nitrogens with one attached hydrogen (secondary N) is 1. The van der Waals surface area contributed by atoms with E-state index in [0.717, 1.165) is 11.3 Å². The van der Waals surface area contributed by atoms with Crippen molar-refractivity contribution in [2.45, 2.75) is 4.84 Å². The molecule has 0 aliphatic heterocycles. The molecular weight excluding hydrogens is 279 g/mol. The Labute approximate surface area is 112 Å². The summed E-state index contributed by atoms with van der Waals surface area (Å²) in [6, 6.07) is 9.70. The lowest BCUT2D eigenvalue weighted by atomic mass is 10.2. The van der Waals surface area contributed by atoms with Gasteiger partial charge >= 0.3 is 0 Å². The number of rotatable bonds is 3. The first-order chi connectivity index (χ1) is 8.16. The monoisotopic (exact) mass is 286 g/mol. The van der Waals surface area contributed by atoms with Crippen LogP contribution in [0.1, 0.15) is 0 Å². The lowest BCUT2D eigenvalue weighted by Gasteiger charge is -2.00. The van der Waals surface area contributed by atoms with Gasteiger partial charge in [-0.3, -0.25) is 10.1 Å². The van der Waals surface area contributed by atoms with E-state index < -0.39 is 10.7 Å². The molecule has 0 fully saturated rings. The normalized spacial score (nSPS) is 10.5. The van der Waals surface area contributed by atoms with Gasteiger partial charge in [-0.1, -0.05) is 53.5 Å². The molecule has 0 saturated heterocycles. The zero-order valence-electron chi connectivity index (χ0n) is 8.56. The van der Waals surface area contributed by atoms with Gasteiger partial charge in [0, 0.05) is 10.9 Å². The number of carbonyl (C=O) groups excluding carboxylic acids is 1. The molecule has 1 aromatic heterocycles. The van der Waals surface area contributed by atoms with Crippen LogP contribution in [0.2, 0.25) is 0 Å². The van der Waals surface area contributed by atoms with E-state index in [4.69, 9.17) is 23.2 Å². The summed E-state index contributed by atoms with van der Waals surface area (Å²) >= 11 is 12.2. The third-order valence-electron chi connectivity index (χ3n) is 2.00. The molecule has 6 heteroatoms. The fourth-order valence-corrected chi connectivity index (χ4v) is 2.06. The molecular formula is C11H8Cl2N2OS. The van der Waals surface area contributed by atoms with Crippen molar-refractivity contribution in [1.82, 2.24) is 4.98 Å². The van der Waals surface area contributed by atoms with Crippen molar-refractivity contribution in [2.24, 2.45) is 0 Å². The second-order valence-corrected chi connectivity index (χ2v) is 5.15. The minimum Gasteiger partial charge on any atom is -0.300 e. The molecule has 1 N–H and O–H groups in total. The number of anilines is 1. The van der Waals surface area contributed by atoms with Crippen LogP contribution in [0.15, 0.2) is 35.7 Å². The van der Waals surface area contributed by atoms with E-state index in [2.05, 4.69) is 10.3 Å². The Kier molecular flexibility index (Phi) is 3.99. The topological polar surface area (TPSA) is 42.0 Å². The molecule has 2 rings (SSSR count). The highest BCUT2D eigenvalue weighted by Crippen LogP contribution is 2.24. The minimum atomic E-state index is -1.08. The van der Waals surface area contributed by atoms with Crippen LogP contribution in [0, 0.1) is 0 Å². The van der Waals surface area contributed by atoms with Gasteiger partial charge in [0.1, 0.15) is 0 Å². The molecule has 1 aromatic carbocycles. The average molecular weight is 287 g/mol.